The first-order valence-corrected chi connectivity index (χ1v) is 15.5. The van der Waals surface area contributed by atoms with E-state index in [0.29, 0.717) is 10.4 Å². The number of hydrogen-bond donors (Lipinski definition) is 0. The van der Waals surface area contributed by atoms with Crippen molar-refractivity contribution in [1.82, 2.24) is 4.57 Å². The second-order valence-electron chi connectivity index (χ2n) is 10.7. The largest absolute Gasteiger partial charge is 0.619 e. The third-order valence-corrected chi connectivity index (χ3v) is 10.7. The Balaban J connectivity index is 1.44. The molecule has 0 radical (unpaired) electrons. The topological polar surface area (TPSA) is 31.0 Å². The van der Waals surface area contributed by atoms with E-state index in [-0.39, 0.29) is 0 Å². The van der Waals surface area contributed by atoms with E-state index >= 15 is 0 Å². The van der Waals surface area contributed by atoms with E-state index in [4.69, 9.17) is 0 Å². The van der Waals surface area contributed by atoms with Gasteiger partial charge in [-0.05, 0) is 54.1 Å². The minimum absolute atomic E-state index is 0.532. The first kappa shape index (κ1) is 23.7. The van der Waals surface area contributed by atoms with Gasteiger partial charge in [0.05, 0.1) is 11.0 Å². The van der Waals surface area contributed by atoms with Crippen molar-refractivity contribution in [1.29, 1.82) is 0 Å². The number of aromatic nitrogens is 1. The Kier molecular flexibility index (Phi) is 4.95. The number of fused-ring (bicyclic) bond motifs is 10. The van der Waals surface area contributed by atoms with Crippen molar-refractivity contribution < 1.29 is 4.74 Å². The lowest BCUT2D eigenvalue weighted by atomic mass is 9.97. The summed E-state index contributed by atoms with van der Waals surface area (Å²) in [5.74, 6) is 0. The van der Waals surface area contributed by atoms with Gasteiger partial charge < -0.3 is 9.77 Å². The number of hydrogen-bond acceptors (Lipinski definition) is 3. The van der Waals surface area contributed by atoms with Gasteiger partial charge in [-0.1, -0.05) is 60.7 Å². The molecule has 0 aliphatic heterocycles. The van der Waals surface area contributed by atoms with Crippen molar-refractivity contribution in [2.24, 2.45) is 0 Å². The van der Waals surface area contributed by atoms with Crippen molar-refractivity contribution in [2.75, 3.05) is 0 Å². The molecule has 3 nitrogen and oxygen atoms in total. The average Bonchev–Trinajstić information content (AvgIpc) is 3.70. The van der Waals surface area contributed by atoms with Crippen LogP contribution in [0.4, 0.5) is 5.69 Å². The molecule has 0 saturated heterocycles. The molecule has 0 unspecified atom stereocenters. The van der Waals surface area contributed by atoms with Gasteiger partial charge in [0, 0.05) is 74.5 Å². The van der Waals surface area contributed by atoms with Gasteiger partial charge in [0.25, 0.3) is 0 Å². The molecule has 0 saturated carbocycles. The molecule has 9 aromatic rings. The van der Waals surface area contributed by atoms with E-state index in [0.717, 1.165) is 11.2 Å². The lowest BCUT2D eigenvalue weighted by molar-refractivity contribution is -0.349. The summed E-state index contributed by atoms with van der Waals surface area (Å²) in [4.78, 5) is 0. The second kappa shape index (κ2) is 8.76. The van der Waals surface area contributed by atoms with Crippen LogP contribution < -0.4 is 0 Å². The van der Waals surface area contributed by atoms with Gasteiger partial charge in [0.15, 0.2) is 0 Å². The lowest BCUT2D eigenvalue weighted by Crippen LogP contribution is -1.96. The predicted molar refractivity (Wildman–Crippen MR) is 182 cm³/mol. The molecule has 0 bridgehead atoms. The van der Waals surface area contributed by atoms with Crippen LogP contribution in [-0.4, -0.2) is 16.0 Å². The summed E-state index contributed by atoms with van der Waals surface area (Å²) >= 11 is 3.72. The van der Waals surface area contributed by atoms with Crippen LogP contribution in [0.2, 0.25) is 0 Å². The highest BCUT2D eigenvalue weighted by Gasteiger charge is 2.22. The monoisotopic (exact) mass is 574 g/mol. The van der Waals surface area contributed by atoms with Crippen LogP contribution in [0.25, 0.3) is 79.0 Å². The molecule has 42 heavy (non-hydrogen) atoms. The van der Waals surface area contributed by atoms with Crippen LogP contribution in [0.1, 0.15) is 0 Å². The number of benzene rings is 6. The summed E-state index contributed by atoms with van der Waals surface area (Å²) in [5.41, 5.74) is 6.37. The summed E-state index contributed by atoms with van der Waals surface area (Å²) < 4.78 is 8.20. The standard InChI is InChI=1S/C37H22N2OS2/c1-38(40)23-15-17-24(18-16-23)39-31-11-5-2-8-25(31)30-21-28(37-35(36(30)39)27-10-4-7-13-33(27)42-37)22-14-19-34-29(20-22)26-9-3-6-12-32(26)41-34/h2-21H,1H2. The normalized spacial score (nSPS) is 12.0. The first-order valence-electron chi connectivity index (χ1n) is 13.8. The van der Waals surface area contributed by atoms with Crippen LogP contribution in [0.15, 0.2) is 121 Å². The Hall–Kier alpha value is -4.97. The van der Waals surface area contributed by atoms with E-state index in [9.17, 15) is 5.21 Å². The highest BCUT2D eigenvalue weighted by molar-refractivity contribution is 7.26. The molecular formula is C37H22N2OS2. The summed E-state index contributed by atoms with van der Waals surface area (Å²) in [6.45, 7) is 3.51. The van der Waals surface area contributed by atoms with Gasteiger partial charge in [0.1, 0.15) is 6.72 Å². The minimum atomic E-state index is 0.532. The average molecular weight is 575 g/mol. The minimum Gasteiger partial charge on any atom is -0.619 e. The van der Waals surface area contributed by atoms with Gasteiger partial charge in [0.2, 0.25) is 5.69 Å². The van der Waals surface area contributed by atoms with Crippen molar-refractivity contribution in [3.05, 3.63) is 127 Å². The van der Waals surface area contributed by atoms with Gasteiger partial charge >= 0.3 is 0 Å². The quantitative estimate of drug-likeness (QED) is 0.0893. The number of para-hydroxylation sites is 1. The molecule has 0 aliphatic rings. The first-order chi connectivity index (χ1) is 20.7. The van der Waals surface area contributed by atoms with Crippen LogP contribution in [0.3, 0.4) is 0 Å². The van der Waals surface area contributed by atoms with E-state index in [1.807, 2.05) is 46.9 Å². The van der Waals surface area contributed by atoms with Crippen molar-refractivity contribution in [3.63, 3.8) is 0 Å². The Bertz CT molecular complexity index is 2550. The molecule has 0 N–H and O–H groups in total. The second-order valence-corrected chi connectivity index (χ2v) is 12.8. The van der Waals surface area contributed by atoms with Crippen LogP contribution in [0.5, 0.6) is 0 Å². The van der Waals surface area contributed by atoms with E-state index in [1.165, 1.54) is 67.8 Å². The Morgan fingerprint density at radius 2 is 1.26 bits per heavy atom. The van der Waals surface area contributed by atoms with E-state index in [2.05, 4.69) is 108 Å². The molecule has 0 atom stereocenters. The fourth-order valence-corrected chi connectivity index (χ4v) is 8.81. The zero-order valence-electron chi connectivity index (χ0n) is 22.4. The maximum Gasteiger partial charge on any atom is 0.216 e. The van der Waals surface area contributed by atoms with Gasteiger partial charge in [-0.15, -0.1) is 22.7 Å². The molecule has 6 aromatic carbocycles. The van der Waals surface area contributed by atoms with Crippen LogP contribution in [0, 0.1) is 5.21 Å². The fourth-order valence-electron chi connectivity index (χ4n) is 6.48. The van der Waals surface area contributed by atoms with Gasteiger partial charge in [-0.3, -0.25) is 0 Å². The molecule has 5 heteroatoms. The summed E-state index contributed by atoms with van der Waals surface area (Å²) in [5, 5.41) is 19.4. The number of rotatable bonds is 3. The Labute approximate surface area is 249 Å². The van der Waals surface area contributed by atoms with Gasteiger partial charge in [-0.25, -0.2) is 0 Å². The molecule has 0 aliphatic carbocycles. The zero-order valence-corrected chi connectivity index (χ0v) is 24.0. The zero-order chi connectivity index (χ0) is 27.9. The highest BCUT2D eigenvalue weighted by atomic mass is 32.1. The van der Waals surface area contributed by atoms with E-state index < -0.39 is 0 Å². The maximum absolute atomic E-state index is 11.9. The predicted octanol–water partition coefficient (Wildman–Crippen LogP) is 11.0. The van der Waals surface area contributed by atoms with Gasteiger partial charge in [-0.2, -0.15) is 4.74 Å². The van der Waals surface area contributed by atoms with Crippen LogP contribution in [-0.2, 0) is 0 Å². The molecule has 0 fully saturated rings. The molecule has 3 heterocycles. The number of nitrogens with zero attached hydrogens (tertiary/aromatic N) is 2. The van der Waals surface area contributed by atoms with Crippen LogP contribution >= 0.6 is 22.7 Å². The molecule has 3 aromatic heterocycles. The third kappa shape index (κ3) is 3.29. The highest BCUT2D eigenvalue weighted by Crippen LogP contribution is 2.48. The Morgan fingerprint density at radius 1 is 0.595 bits per heavy atom. The smallest absolute Gasteiger partial charge is 0.216 e. The number of thiophene rings is 2. The fraction of sp³-hybridized carbons (Fsp3) is 0. The summed E-state index contributed by atoms with van der Waals surface area (Å²) in [6.07, 6.45) is 0. The molecule has 198 valence electrons. The molecular weight excluding hydrogens is 553 g/mol. The van der Waals surface area contributed by atoms with Crippen molar-refractivity contribution in [2.45, 2.75) is 0 Å². The Morgan fingerprint density at radius 3 is 2.05 bits per heavy atom. The molecule has 0 spiro atoms. The molecule has 9 rings (SSSR count). The summed E-state index contributed by atoms with van der Waals surface area (Å²) in [7, 11) is 0. The maximum atomic E-state index is 11.9. The molecule has 0 amide bonds. The summed E-state index contributed by atoms with van der Waals surface area (Å²) in [6, 6.07) is 43.1. The SMILES string of the molecule is C=[N+]([O-])c1ccc(-n2c3ccccc3c3cc(-c4ccc5sc6ccccc6c5c4)c4sc5ccccc5c4c32)cc1. The third-order valence-electron chi connectivity index (χ3n) is 8.36. The van der Waals surface area contributed by atoms with Crippen molar-refractivity contribution >= 4 is 97.2 Å². The van der Waals surface area contributed by atoms with Crippen molar-refractivity contribution in [3.8, 4) is 16.8 Å². The lowest BCUT2D eigenvalue weighted by Gasteiger charge is -2.11. The van der Waals surface area contributed by atoms with E-state index in [1.54, 1.807) is 0 Å².